The van der Waals surface area contributed by atoms with Gasteiger partial charge in [0.1, 0.15) is 5.60 Å². The second kappa shape index (κ2) is 5.40. The van der Waals surface area contributed by atoms with E-state index in [1.807, 2.05) is 0 Å². The minimum absolute atomic E-state index is 0.219. The topological polar surface area (TPSA) is 87.1 Å². The van der Waals surface area contributed by atoms with Gasteiger partial charge in [-0.25, -0.2) is 0 Å². The van der Waals surface area contributed by atoms with E-state index in [4.69, 9.17) is 10.3 Å². The van der Waals surface area contributed by atoms with Gasteiger partial charge in [0.05, 0.1) is 0 Å². The molecule has 13 heavy (non-hydrogen) atoms. The molecule has 0 atom stereocenters. The van der Waals surface area contributed by atoms with Crippen molar-refractivity contribution < 1.29 is 9.53 Å². The predicted molar refractivity (Wildman–Crippen MR) is 48.1 cm³/mol. The van der Waals surface area contributed by atoms with Crippen molar-refractivity contribution >= 4 is 5.91 Å². The molecule has 0 radical (unpaired) electrons. The molecule has 0 aliphatic carbocycles. The number of ether oxygens (including phenoxy) is 1. The van der Waals surface area contributed by atoms with Gasteiger partial charge < -0.3 is 10.1 Å². The van der Waals surface area contributed by atoms with E-state index in [1.165, 1.54) is 7.11 Å². The summed E-state index contributed by atoms with van der Waals surface area (Å²) in [5.41, 5.74) is 7.12. The van der Waals surface area contributed by atoms with Crippen LogP contribution in [0.3, 0.4) is 0 Å². The van der Waals surface area contributed by atoms with Crippen LogP contribution in [0.25, 0.3) is 10.4 Å². The number of azide groups is 1. The number of methoxy groups -OCH3 is 1. The van der Waals surface area contributed by atoms with Crippen LogP contribution in [0.5, 0.6) is 0 Å². The molecule has 0 spiro atoms. The highest BCUT2D eigenvalue weighted by Crippen LogP contribution is 2.06. The van der Waals surface area contributed by atoms with Crippen molar-refractivity contribution in [2.24, 2.45) is 5.11 Å². The van der Waals surface area contributed by atoms with Crippen molar-refractivity contribution in [3.8, 4) is 0 Å². The summed E-state index contributed by atoms with van der Waals surface area (Å²) in [5.74, 6) is -0.219. The summed E-state index contributed by atoms with van der Waals surface area (Å²) in [4.78, 5) is 13.8. The molecule has 0 aromatic heterocycles. The lowest BCUT2D eigenvalue weighted by Gasteiger charge is -2.21. The second-order valence-corrected chi connectivity index (χ2v) is 2.92. The minimum atomic E-state index is -0.837. The Morgan fingerprint density at radius 2 is 2.31 bits per heavy atom. The first-order valence-corrected chi connectivity index (χ1v) is 3.89. The molecule has 1 N–H and O–H groups in total. The number of amides is 1. The Labute approximate surface area is 76.9 Å². The molecular weight excluding hydrogens is 172 g/mol. The molecule has 0 aliphatic rings. The molecule has 0 fully saturated rings. The third-order valence-corrected chi connectivity index (χ3v) is 1.62. The van der Waals surface area contributed by atoms with Gasteiger partial charge in [0.2, 0.25) is 0 Å². The Morgan fingerprint density at radius 1 is 1.69 bits per heavy atom. The molecule has 0 aromatic rings. The van der Waals surface area contributed by atoms with E-state index in [-0.39, 0.29) is 12.5 Å². The zero-order chi connectivity index (χ0) is 10.3. The lowest BCUT2D eigenvalue weighted by atomic mass is 10.1. The Kier molecular flexibility index (Phi) is 4.87. The average Bonchev–Trinajstić information content (AvgIpc) is 2.12. The molecule has 0 saturated heterocycles. The number of nitrogens with zero attached hydrogens (tertiary/aromatic N) is 3. The summed E-state index contributed by atoms with van der Waals surface area (Å²) in [6, 6.07) is 0. The fraction of sp³-hybridized carbons (Fsp3) is 0.857. The summed E-state index contributed by atoms with van der Waals surface area (Å²) < 4.78 is 4.94. The van der Waals surface area contributed by atoms with Crippen LogP contribution in [0, 0.1) is 0 Å². The maximum Gasteiger partial charge on any atom is 0.251 e. The minimum Gasteiger partial charge on any atom is -0.369 e. The second-order valence-electron chi connectivity index (χ2n) is 2.92. The first-order chi connectivity index (χ1) is 6.04. The maximum absolute atomic E-state index is 11.3. The third-order valence-electron chi connectivity index (χ3n) is 1.62. The summed E-state index contributed by atoms with van der Waals surface area (Å²) in [6.07, 6.45) is 0. The zero-order valence-electron chi connectivity index (χ0n) is 8.07. The molecular formula is C7H14N4O2. The molecule has 0 aromatic carbocycles. The van der Waals surface area contributed by atoms with E-state index < -0.39 is 5.60 Å². The molecule has 74 valence electrons. The van der Waals surface area contributed by atoms with Crippen LogP contribution >= 0.6 is 0 Å². The Morgan fingerprint density at radius 3 is 2.77 bits per heavy atom. The van der Waals surface area contributed by atoms with E-state index in [2.05, 4.69) is 15.3 Å². The molecule has 0 saturated carbocycles. The first-order valence-electron chi connectivity index (χ1n) is 3.89. The van der Waals surface area contributed by atoms with Gasteiger partial charge in [-0.3, -0.25) is 4.79 Å². The Bertz CT molecular complexity index is 221. The fourth-order valence-electron chi connectivity index (χ4n) is 0.570. The van der Waals surface area contributed by atoms with Crippen LogP contribution in [0.4, 0.5) is 0 Å². The molecule has 0 rings (SSSR count). The maximum atomic E-state index is 11.3. The molecule has 6 nitrogen and oxygen atoms in total. The zero-order valence-corrected chi connectivity index (χ0v) is 8.07. The van der Waals surface area contributed by atoms with Gasteiger partial charge >= 0.3 is 0 Å². The number of nitrogens with one attached hydrogen (secondary N) is 1. The number of hydrogen-bond donors (Lipinski definition) is 1. The summed E-state index contributed by atoms with van der Waals surface area (Å²) in [6.45, 7) is 3.91. The smallest absolute Gasteiger partial charge is 0.251 e. The Hall–Kier alpha value is -1.26. The highest BCUT2D eigenvalue weighted by molar-refractivity contribution is 5.84. The standard InChI is InChI=1S/C7H14N4O2/c1-7(2,13-3)6(12)9-4-5-10-11-8/h4-5H2,1-3H3,(H,9,12). The first kappa shape index (κ1) is 11.7. The van der Waals surface area contributed by atoms with Crippen LogP contribution in [-0.2, 0) is 9.53 Å². The normalized spacial score (nSPS) is 10.4. The SMILES string of the molecule is COC(C)(C)C(=O)NCCN=[N+]=[N-]. The van der Waals surface area contributed by atoms with Gasteiger partial charge in [-0.15, -0.1) is 0 Å². The van der Waals surface area contributed by atoms with Crippen LogP contribution in [0.2, 0.25) is 0 Å². The summed E-state index contributed by atoms with van der Waals surface area (Å²) in [7, 11) is 1.47. The lowest BCUT2D eigenvalue weighted by molar-refractivity contribution is -0.139. The van der Waals surface area contributed by atoms with Crippen LogP contribution in [0.15, 0.2) is 5.11 Å². The van der Waals surface area contributed by atoms with Crippen molar-refractivity contribution in [3.05, 3.63) is 10.4 Å². The van der Waals surface area contributed by atoms with Crippen molar-refractivity contribution in [3.63, 3.8) is 0 Å². The molecule has 0 aliphatic heterocycles. The van der Waals surface area contributed by atoms with Gasteiger partial charge in [0, 0.05) is 25.1 Å². The Balaban J connectivity index is 3.81. The van der Waals surface area contributed by atoms with Gasteiger partial charge in [0.15, 0.2) is 0 Å². The lowest BCUT2D eigenvalue weighted by Crippen LogP contribution is -2.44. The molecule has 0 bridgehead atoms. The largest absolute Gasteiger partial charge is 0.369 e. The highest BCUT2D eigenvalue weighted by atomic mass is 16.5. The molecule has 6 heteroatoms. The van der Waals surface area contributed by atoms with Gasteiger partial charge in [-0.05, 0) is 19.4 Å². The summed E-state index contributed by atoms with van der Waals surface area (Å²) in [5, 5.41) is 5.86. The number of hydrogen-bond acceptors (Lipinski definition) is 3. The van der Waals surface area contributed by atoms with Crippen molar-refractivity contribution in [1.82, 2.24) is 5.32 Å². The van der Waals surface area contributed by atoms with E-state index >= 15 is 0 Å². The number of carbonyl (C=O) groups is 1. The van der Waals surface area contributed by atoms with Gasteiger partial charge in [-0.1, -0.05) is 5.11 Å². The van der Waals surface area contributed by atoms with Crippen LogP contribution in [0.1, 0.15) is 13.8 Å². The quantitative estimate of drug-likeness (QED) is 0.298. The van der Waals surface area contributed by atoms with Crippen LogP contribution in [-0.4, -0.2) is 31.7 Å². The summed E-state index contributed by atoms with van der Waals surface area (Å²) >= 11 is 0. The van der Waals surface area contributed by atoms with Crippen molar-refractivity contribution in [2.45, 2.75) is 19.4 Å². The predicted octanol–water partition coefficient (Wildman–Crippen LogP) is 0.838. The van der Waals surface area contributed by atoms with E-state index in [0.29, 0.717) is 6.54 Å². The van der Waals surface area contributed by atoms with Crippen molar-refractivity contribution in [2.75, 3.05) is 20.2 Å². The molecule has 1 amide bonds. The monoisotopic (exact) mass is 186 g/mol. The third kappa shape index (κ3) is 4.35. The number of carbonyl (C=O) groups excluding carboxylic acids is 1. The van der Waals surface area contributed by atoms with Gasteiger partial charge in [-0.2, -0.15) is 0 Å². The highest BCUT2D eigenvalue weighted by Gasteiger charge is 2.25. The molecule has 0 unspecified atom stereocenters. The molecule has 0 heterocycles. The fourth-order valence-corrected chi connectivity index (χ4v) is 0.570. The average molecular weight is 186 g/mol. The number of rotatable bonds is 5. The van der Waals surface area contributed by atoms with E-state index in [1.54, 1.807) is 13.8 Å². The van der Waals surface area contributed by atoms with Crippen molar-refractivity contribution in [1.29, 1.82) is 0 Å². The van der Waals surface area contributed by atoms with E-state index in [0.717, 1.165) is 0 Å². The van der Waals surface area contributed by atoms with Gasteiger partial charge in [0.25, 0.3) is 5.91 Å². The van der Waals surface area contributed by atoms with Crippen LogP contribution < -0.4 is 5.32 Å². The van der Waals surface area contributed by atoms with E-state index in [9.17, 15) is 4.79 Å².